The third kappa shape index (κ3) is 3.67. The van der Waals surface area contributed by atoms with E-state index < -0.39 is 6.04 Å². The zero-order valence-corrected chi connectivity index (χ0v) is 14.9. The van der Waals surface area contributed by atoms with E-state index in [9.17, 15) is 9.59 Å². The first-order chi connectivity index (χ1) is 12.0. The second-order valence-electron chi connectivity index (χ2n) is 5.55. The number of rotatable bonds is 4. The van der Waals surface area contributed by atoms with Crippen molar-refractivity contribution in [1.29, 1.82) is 0 Å². The Hall–Kier alpha value is -2.37. The molecule has 0 aliphatic heterocycles. The first-order valence-corrected chi connectivity index (χ1v) is 8.48. The van der Waals surface area contributed by atoms with Crippen LogP contribution in [-0.4, -0.2) is 15.5 Å². The number of carbonyl (C=O) groups excluding carboxylic acids is 1. The van der Waals surface area contributed by atoms with Crippen LogP contribution in [0.1, 0.15) is 19.4 Å². The molecule has 0 radical (unpaired) electrons. The molecule has 0 saturated heterocycles. The molecular weight excluding hydrogens is 361 g/mol. The van der Waals surface area contributed by atoms with E-state index in [4.69, 9.17) is 23.2 Å². The standard InChI is InChI=1S/C18H15Cl2N3O2/c1-2-16(17(24)22-13-8-11(19)7-12(20)9-13)23-10-21-15-6-4-3-5-14(15)18(23)25/h3-10,16H,2H2,1H3,(H,22,24)/t16-/m1/s1. The Morgan fingerprint density at radius 1 is 1.20 bits per heavy atom. The molecule has 0 fully saturated rings. The van der Waals surface area contributed by atoms with Crippen molar-refractivity contribution in [3.8, 4) is 0 Å². The van der Waals surface area contributed by atoms with Gasteiger partial charge in [-0.25, -0.2) is 4.98 Å². The highest BCUT2D eigenvalue weighted by Gasteiger charge is 2.21. The molecule has 0 unspecified atom stereocenters. The number of carbonyl (C=O) groups is 1. The molecule has 0 aliphatic rings. The van der Waals surface area contributed by atoms with Gasteiger partial charge in [-0.2, -0.15) is 0 Å². The van der Waals surface area contributed by atoms with Crippen molar-refractivity contribution >= 4 is 45.7 Å². The van der Waals surface area contributed by atoms with E-state index in [1.54, 1.807) is 36.4 Å². The van der Waals surface area contributed by atoms with Crippen molar-refractivity contribution in [3.63, 3.8) is 0 Å². The molecule has 0 spiro atoms. The molecule has 0 bridgehead atoms. The fourth-order valence-corrected chi connectivity index (χ4v) is 3.19. The summed E-state index contributed by atoms with van der Waals surface area (Å²) in [4.78, 5) is 29.6. The number of amides is 1. The van der Waals surface area contributed by atoms with Crippen LogP contribution in [0.5, 0.6) is 0 Å². The highest BCUT2D eigenvalue weighted by Crippen LogP contribution is 2.23. The van der Waals surface area contributed by atoms with Crippen LogP contribution < -0.4 is 10.9 Å². The van der Waals surface area contributed by atoms with Gasteiger partial charge < -0.3 is 5.32 Å². The van der Waals surface area contributed by atoms with Crippen molar-refractivity contribution < 1.29 is 4.79 Å². The zero-order chi connectivity index (χ0) is 18.0. The van der Waals surface area contributed by atoms with Crippen LogP contribution in [0.15, 0.2) is 53.6 Å². The Morgan fingerprint density at radius 2 is 1.88 bits per heavy atom. The van der Waals surface area contributed by atoms with Crippen LogP contribution in [0, 0.1) is 0 Å². The summed E-state index contributed by atoms with van der Waals surface area (Å²) in [5.74, 6) is -0.333. The minimum absolute atomic E-state index is 0.253. The Bertz CT molecular complexity index is 981. The smallest absolute Gasteiger partial charge is 0.261 e. The number of hydrogen-bond donors (Lipinski definition) is 1. The van der Waals surface area contributed by atoms with Crippen LogP contribution in [0.4, 0.5) is 5.69 Å². The van der Waals surface area contributed by atoms with Gasteiger partial charge in [0.15, 0.2) is 0 Å². The van der Waals surface area contributed by atoms with Gasteiger partial charge in [-0.05, 0) is 36.8 Å². The molecule has 1 amide bonds. The number of anilines is 1. The molecule has 1 N–H and O–H groups in total. The average Bonchev–Trinajstić information content (AvgIpc) is 2.57. The molecule has 7 heteroatoms. The third-order valence-electron chi connectivity index (χ3n) is 3.85. The van der Waals surface area contributed by atoms with E-state index in [1.807, 2.05) is 13.0 Å². The van der Waals surface area contributed by atoms with Gasteiger partial charge in [0, 0.05) is 15.7 Å². The summed E-state index contributed by atoms with van der Waals surface area (Å²) in [6.45, 7) is 1.83. The minimum atomic E-state index is -0.692. The molecule has 1 aromatic heterocycles. The van der Waals surface area contributed by atoms with Gasteiger partial charge in [0.05, 0.1) is 17.2 Å². The summed E-state index contributed by atoms with van der Waals surface area (Å²) < 4.78 is 1.35. The zero-order valence-electron chi connectivity index (χ0n) is 13.4. The molecule has 25 heavy (non-hydrogen) atoms. The maximum atomic E-state index is 12.7. The maximum Gasteiger partial charge on any atom is 0.261 e. The molecule has 0 aliphatic carbocycles. The van der Waals surface area contributed by atoms with Gasteiger partial charge >= 0.3 is 0 Å². The minimum Gasteiger partial charge on any atom is -0.324 e. The fourth-order valence-electron chi connectivity index (χ4n) is 2.66. The topological polar surface area (TPSA) is 64.0 Å². The lowest BCUT2D eigenvalue weighted by molar-refractivity contribution is -0.119. The number of para-hydroxylation sites is 1. The van der Waals surface area contributed by atoms with Gasteiger partial charge in [-0.1, -0.05) is 42.3 Å². The number of aromatic nitrogens is 2. The van der Waals surface area contributed by atoms with Crippen molar-refractivity contribution in [2.24, 2.45) is 0 Å². The average molecular weight is 376 g/mol. The lowest BCUT2D eigenvalue weighted by atomic mass is 10.1. The Labute approximate surface area is 154 Å². The van der Waals surface area contributed by atoms with Gasteiger partial charge in [0.2, 0.25) is 5.91 Å². The van der Waals surface area contributed by atoms with Gasteiger partial charge in [0.25, 0.3) is 5.56 Å². The number of hydrogen-bond acceptors (Lipinski definition) is 3. The predicted molar refractivity (Wildman–Crippen MR) is 100 cm³/mol. The third-order valence-corrected chi connectivity index (χ3v) is 4.28. The van der Waals surface area contributed by atoms with E-state index in [1.165, 1.54) is 10.9 Å². The van der Waals surface area contributed by atoms with Crippen molar-refractivity contribution in [1.82, 2.24) is 9.55 Å². The molecule has 3 rings (SSSR count). The summed E-state index contributed by atoms with van der Waals surface area (Å²) >= 11 is 11.9. The van der Waals surface area contributed by atoms with Crippen molar-refractivity contribution in [3.05, 3.63) is 69.2 Å². The first kappa shape index (κ1) is 17.5. The Kier molecular flexibility index (Phi) is 5.06. The first-order valence-electron chi connectivity index (χ1n) is 7.72. The van der Waals surface area contributed by atoms with Crippen molar-refractivity contribution in [2.75, 3.05) is 5.32 Å². The molecule has 5 nitrogen and oxygen atoms in total. The number of nitrogens with zero attached hydrogens (tertiary/aromatic N) is 2. The number of nitrogens with one attached hydrogen (secondary N) is 1. The summed E-state index contributed by atoms with van der Waals surface area (Å²) in [5.41, 5.74) is 0.820. The Morgan fingerprint density at radius 3 is 2.56 bits per heavy atom. The second kappa shape index (κ2) is 7.25. The molecule has 1 atom stereocenters. The summed E-state index contributed by atoms with van der Waals surface area (Å²) in [7, 11) is 0. The molecule has 128 valence electrons. The summed E-state index contributed by atoms with van der Waals surface area (Å²) in [6, 6.07) is 11.1. The predicted octanol–water partition coefficient (Wildman–Crippen LogP) is 4.29. The maximum absolute atomic E-state index is 12.7. The molecule has 2 aromatic carbocycles. The number of halogens is 2. The molecule has 1 heterocycles. The van der Waals surface area contributed by atoms with Gasteiger partial charge in [-0.15, -0.1) is 0 Å². The van der Waals surface area contributed by atoms with E-state index >= 15 is 0 Å². The Balaban J connectivity index is 1.95. The van der Waals surface area contributed by atoms with Crippen LogP contribution in [0.25, 0.3) is 10.9 Å². The van der Waals surface area contributed by atoms with E-state index in [0.29, 0.717) is 33.1 Å². The number of fused-ring (bicyclic) bond motifs is 1. The van der Waals surface area contributed by atoms with E-state index in [-0.39, 0.29) is 11.5 Å². The monoisotopic (exact) mass is 375 g/mol. The summed E-state index contributed by atoms with van der Waals surface area (Å²) in [5, 5.41) is 4.06. The normalized spacial score (nSPS) is 12.1. The lowest BCUT2D eigenvalue weighted by Gasteiger charge is -2.18. The SMILES string of the molecule is CC[C@H](C(=O)Nc1cc(Cl)cc(Cl)c1)n1cnc2ccccc2c1=O. The van der Waals surface area contributed by atoms with Gasteiger partial charge in [-0.3, -0.25) is 14.2 Å². The van der Waals surface area contributed by atoms with Crippen LogP contribution in [0.2, 0.25) is 10.0 Å². The van der Waals surface area contributed by atoms with Gasteiger partial charge in [0.1, 0.15) is 6.04 Å². The van der Waals surface area contributed by atoms with E-state index in [2.05, 4.69) is 10.3 Å². The highest BCUT2D eigenvalue weighted by atomic mass is 35.5. The van der Waals surface area contributed by atoms with Crippen LogP contribution in [-0.2, 0) is 4.79 Å². The number of benzene rings is 2. The molecule has 0 saturated carbocycles. The molecular formula is C18H15Cl2N3O2. The van der Waals surface area contributed by atoms with Crippen LogP contribution in [0.3, 0.4) is 0 Å². The van der Waals surface area contributed by atoms with E-state index in [0.717, 1.165) is 0 Å². The van der Waals surface area contributed by atoms with Crippen LogP contribution >= 0.6 is 23.2 Å². The second-order valence-corrected chi connectivity index (χ2v) is 6.42. The fraction of sp³-hybridized carbons (Fsp3) is 0.167. The largest absolute Gasteiger partial charge is 0.324 e. The highest BCUT2D eigenvalue weighted by molar-refractivity contribution is 6.35. The van der Waals surface area contributed by atoms with Crippen molar-refractivity contribution in [2.45, 2.75) is 19.4 Å². The summed E-state index contributed by atoms with van der Waals surface area (Å²) in [6.07, 6.45) is 1.84. The quantitative estimate of drug-likeness (QED) is 0.739. The lowest BCUT2D eigenvalue weighted by Crippen LogP contribution is -2.33. The molecule has 3 aromatic rings.